The Morgan fingerprint density at radius 2 is 1.67 bits per heavy atom. The van der Waals surface area contributed by atoms with Crippen LogP contribution in [-0.2, 0) is 21.6 Å². The Balaban J connectivity index is 1.41. The third kappa shape index (κ3) is 4.26. The number of amidine groups is 1. The summed E-state index contributed by atoms with van der Waals surface area (Å²) in [6.45, 7) is 1.20. The van der Waals surface area contributed by atoms with Gasteiger partial charge in [0.25, 0.3) is 0 Å². The van der Waals surface area contributed by atoms with Gasteiger partial charge in [-0.1, -0.05) is 73.5 Å². The molecule has 1 aliphatic carbocycles. The monoisotopic (exact) mass is 406 g/mol. The van der Waals surface area contributed by atoms with E-state index in [-0.39, 0.29) is 12.0 Å². The van der Waals surface area contributed by atoms with Gasteiger partial charge in [0.1, 0.15) is 11.9 Å². The maximum Gasteiger partial charge on any atom is 0.343 e. The van der Waals surface area contributed by atoms with E-state index in [1.54, 1.807) is 0 Å². The molecule has 2 atom stereocenters. The van der Waals surface area contributed by atoms with Crippen LogP contribution in [0.25, 0.3) is 0 Å². The summed E-state index contributed by atoms with van der Waals surface area (Å²) in [4.78, 5) is 15.2. The van der Waals surface area contributed by atoms with Gasteiger partial charge in [0.15, 0.2) is 5.60 Å². The Bertz CT molecular complexity index is 864. The van der Waals surface area contributed by atoms with Crippen molar-refractivity contribution in [1.82, 2.24) is 4.90 Å². The number of nitrogens with zero attached hydrogens (tertiary/aromatic N) is 1. The molecule has 2 aromatic rings. The molecule has 2 N–H and O–H groups in total. The Labute approximate surface area is 178 Å². The number of rotatable bonds is 6. The second kappa shape index (κ2) is 9.00. The molecule has 0 amide bonds. The summed E-state index contributed by atoms with van der Waals surface area (Å²) in [5.41, 5.74) is 0.124. The van der Waals surface area contributed by atoms with Gasteiger partial charge in [-0.15, -0.1) is 0 Å². The Kier molecular flexibility index (Phi) is 6.18. The number of hydrogen-bond donors (Lipinski definition) is 2. The summed E-state index contributed by atoms with van der Waals surface area (Å²) in [6, 6.07) is 19.2. The standard InChI is InChI=1S/C25H30N2O3/c26-23(17-19-9-3-1-4-10-19)27-16-15-22(18-27)30-24(28)25(29,21-13-7-8-14-21)20-11-5-2-6-12-20/h1-6,9-12,21-22,26,29H,7-8,13-18H2/t22-,25+/m1/s1. The van der Waals surface area contributed by atoms with Gasteiger partial charge in [0, 0.05) is 25.3 Å². The lowest BCUT2D eigenvalue weighted by Gasteiger charge is -2.33. The third-order valence-corrected chi connectivity index (χ3v) is 6.49. The molecule has 158 valence electrons. The second-order valence-electron chi connectivity index (χ2n) is 8.48. The second-order valence-corrected chi connectivity index (χ2v) is 8.48. The first-order valence-corrected chi connectivity index (χ1v) is 10.9. The van der Waals surface area contributed by atoms with Crippen LogP contribution >= 0.6 is 0 Å². The van der Waals surface area contributed by atoms with Gasteiger partial charge in [-0.3, -0.25) is 5.41 Å². The highest BCUT2D eigenvalue weighted by atomic mass is 16.6. The van der Waals surface area contributed by atoms with E-state index in [0.29, 0.717) is 37.3 Å². The SMILES string of the molecule is N=C(Cc1ccccc1)N1CC[C@@H](OC(=O)[C@](O)(c2ccccc2)C2CCCC2)C1. The Morgan fingerprint density at radius 1 is 1.03 bits per heavy atom. The molecular formula is C25H30N2O3. The topological polar surface area (TPSA) is 73.6 Å². The fraction of sp³-hybridized carbons (Fsp3) is 0.440. The molecule has 5 nitrogen and oxygen atoms in total. The van der Waals surface area contributed by atoms with E-state index in [9.17, 15) is 9.90 Å². The minimum Gasteiger partial charge on any atom is -0.458 e. The van der Waals surface area contributed by atoms with E-state index in [1.165, 1.54) is 0 Å². The van der Waals surface area contributed by atoms with E-state index < -0.39 is 11.6 Å². The molecule has 1 saturated heterocycles. The van der Waals surface area contributed by atoms with Gasteiger partial charge in [0.2, 0.25) is 0 Å². The minimum atomic E-state index is -1.59. The van der Waals surface area contributed by atoms with Gasteiger partial charge < -0.3 is 14.7 Å². The summed E-state index contributed by atoms with van der Waals surface area (Å²) >= 11 is 0. The third-order valence-electron chi connectivity index (χ3n) is 6.49. The van der Waals surface area contributed by atoms with Crippen LogP contribution in [0.2, 0.25) is 0 Å². The number of likely N-dealkylation sites (tertiary alicyclic amines) is 1. The predicted molar refractivity (Wildman–Crippen MR) is 116 cm³/mol. The lowest BCUT2D eigenvalue weighted by molar-refractivity contribution is -0.178. The van der Waals surface area contributed by atoms with Crippen molar-refractivity contribution < 1.29 is 14.6 Å². The van der Waals surface area contributed by atoms with Gasteiger partial charge in [-0.25, -0.2) is 4.79 Å². The normalized spacial score (nSPS) is 21.4. The molecule has 0 radical (unpaired) electrons. The number of hydrogen-bond acceptors (Lipinski definition) is 4. The average molecular weight is 407 g/mol. The zero-order valence-corrected chi connectivity index (χ0v) is 17.3. The zero-order valence-electron chi connectivity index (χ0n) is 17.3. The molecule has 1 aliphatic heterocycles. The molecular weight excluding hydrogens is 376 g/mol. The minimum absolute atomic E-state index is 0.110. The number of carbonyl (C=O) groups excluding carboxylic acids is 1. The molecule has 2 aromatic carbocycles. The van der Waals surface area contributed by atoms with Gasteiger partial charge in [-0.2, -0.15) is 0 Å². The first-order chi connectivity index (χ1) is 14.6. The molecule has 2 fully saturated rings. The molecule has 0 unspecified atom stereocenters. The number of benzene rings is 2. The molecule has 30 heavy (non-hydrogen) atoms. The van der Waals surface area contributed by atoms with Crippen molar-refractivity contribution in [3.05, 3.63) is 71.8 Å². The molecule has 4 rings (SSSR count). The Morgan fingerprint density at radius 3 is 2.33 bits per heavy atom. The molecule has 0 aromatic heterocycles. The highest BCUT2D eigenvalue weighted by molar-refractivity contribution is 5.83. The lowest BCUT2D eigenvalue weighted by atomic mass is 9.80. The molecule has 2 aliphatic rings. The van der Waals surface area contributed by atoms with Gasteiger partial charge in [-0.05, 0) is 24.0 Å². The number of ether oxygens (including phenoxy) is 1. The van der Waals surface area contributed by atoms with Crippen LogP contribution < -0.4 is 0 Å². The molecule has 1 saturated carbocycles. The van der Waals surface area contributed by atoms with Crippen molar-refractivity contribution in [2.45, 2.75) is 50.2 Å². The van der Waals surface area contributed by atoms with Crippen LogP contribution in [0.4, 0.5) is 0 Å². The van der Waals surface area contributed by atoms with Crippen LogP contribution in [0.15, 0.2) is 60.7 Å². The van der Waals surface area contributed by atoms with Crippen molar-refractivity contribution in [3.8, 4) is 0 Å². The van der Waals surface area contributed by atoms with Gasteiger partial charge in [0.05, 0.1) is 6.54 Å². The highest BCUT2D eigenvalue weighted by Crippen LogP contribution is 2.41. The number of carbonyl (C=O) groups is 1. The Hall–Kier alpha value is -2.66. The number of esters is 1. The van der Waals surface area contributed by atoms with Crippen LogP contribution in [0.1, 0.15) is 43.2 Å². The van der Waals surface area contributed by atoms with Crippen molar-refractivity contribution in [3.63, 3.8) is 0 Å². The summed E-state index contributed by atoms with van der Waals surface area (Å²) in [5, 5.41) is 20.0. The summed E-state index contributed by atoms with van der Waals surface area (Å²) in [6.07, 6.45) is 4.67. The van der Waals surface area contributed by atoms with E-state index in [4.69, 9.17) is 10.1 Å². The quantitative estimate of drug-likeness (QED) is 0.433. The fourth-order valence-electron chi connectivity index (χ4n) is 4.77. The van der Waals surface area contributed by atoms with Crippen LogP contribution in [0.3, 0.4) is 0 Å². The first-order valence-electron chi connectivity index (χ1n) is 10.9. The van der Waals surface area contributed by atoms with Gasteiger partial charge >= 0.3 is 5.97 Å². The van der Waals surface area contributed by atoms with Crippen molar-refractivity contribution in [1.29, 1.82) is 5.41 Å². The van der Waals surface area contributed by atoms with Crippen molar-refractivity contribution in [2.24, 2.45) is 5.92 Å². The first kappa shape index (κ1) is 20.6. The number of aliphatic hydroxyl groups is 1. The molecule has 5 heteroatoms. The smallest absolute Gasteiger partial charge is 0.343 e. The average Bonchev–Trinajstić information content (AvgIpc) is 3.47. The maximum atomic E-state index is 13.2. The largest absolute Gasteiger partial charge is 0.458 e. The zero-order chi connectivity index (χ0) is 21.0. The van der Waals surface area contributed by atoms with E-state index in [1.807, 2.05) is 65.6 Å². The van der Waals surface area contributed by atoms with E-state index >= 15 is 0 Å². The molecule has 0 bridgehead atoms. The summed E-state index contributed by atoms with van der Waals surface area (Å²) < 4.78 is 5.85. The van der Waals surface area contributed by atoms with Crippen molar-refractivity contribution >= 4 is 11.8 Å². The maximum absolute atomic E-state index is 13.2. The van der Waals surface area contributed by atoms with Crippen LogP contribution in [0, 0.1) is 11.3 Å². The predicted octanol–water partition coefficient (Wildman–Crippen LogP) is 3.90. The van der Waals surface area contributed by atoms with Crippen LogP contribution in [-0.4, -0.2) is 41.0 Å². The fourth-order valence-corrected chi connectivity index (χ4v) is 4.77. The summed E-state index contributed by atoms with van der Waals surface area (Å²) in [7, 11) is 0. The van der Waals surface area contributed by atoms with Crippen LogP contribution in [0.5, 0.6) is 0 Å². The van der Waals surface area contributed by atoms with E-state index in [2.05, 4.69) is 0 Å². The highest BCUT2D eigenvalue weighted by Gasteiger charge is 2.48. The molecule has 0 spiro atoms. The van der Waals surface area contributed by atoms with E-state index in [0.717, 1.165) is 31.2 Å². The molecule has 1 heterocycles. The summed E-state index contributed by atoms with van der Waals surface area (Å²) in [5.74, 6) is -0.114. The number of nitrogens with one attached hydrogen (secondary N) is 1. The lowest BCUT2D eigenvalue weighted by Crippen LogP contribution is -2.45. The van der Waals surface area contributed by atoms with Crippen molar-refractivity contribution in [2.75, 3.05) is 13.1 Å².